The molecule has 0 radical (unpaired) electrons. The van der Waals surface area contributed by atoms with Crippen LogP contribution in [0, 0.1) is 6.92 Å². The minimum absolute atomic E-state index is 0.0684. The van der Waals surface area contributed by atoms with E-state index in [-0.39, 0.29) is 5.91 Å². The number of hydrogen-bond donors (Lipinski definition) is 3. The Hall–Kier alpha value is -2.01. The van der Waals surface area contributed by atoms with Gasteiger partial charge in [0.15, 0.2) is 0 Å². The second-order valence-corrected chi connectivity index (χ2v) is 9.81. The number of carbonyl (C=O) groups excluding carboxylic acids is 1. The van der Waals surface area contributed by atoms with Gasteiger partial charge in [-0.05, 0) is 46.2 Å². The summed E-state index contributed by atoms with van der Waals surface area (Å²) >= 11 is 1.48. The fourth-order valence-corrected chi connectivity index (χ4v) is 5.33. The van der Waals surface area contributed by atoms with Crippen molar-refractivity contribution in [1.29, 1.82) is 0 Å². The van der Waals surface area contributed by atoms with Gasteiger partial charge in [0.25, 0.3) is 5.91 Å². The number of thiophene rings is 1. The van der Waals surface area contributed by atoms with E-state index < -0.39 is 0 Å². The van der Waals surface area contributed by atoms with Gasteiger partial charge in [0.2, 0.25) is 0 Å². The molecule has 2 aromatic heterocycles. The maximum Gasteiger partial charge on any atom is 0.263 e. The highest BCUT2D eigenvalue weighted by Crippen LogP contribution is 2.38. The van der Waals surface area contributed by atoms with E-state index >= 15 is 0 Å². The van der Waals surface area contributed by atoms with Crippen molar-refractivity contribution in [2.75, 3.05) is 89.2 Å². The topological polar surface area (TPSA) is 88.7 Å². The number of fused-ring (bicyclic) bond motifs is 1. The lowest BCUT2D eigenvalue weighted by Gasteiger charge is -2.19. The van der Waals surface area contributed by atoms with Crippen molar-refractivity contribution >= 4 is 39.0 Å². The van der Waals surface area contributed by atoms with Crippen LogP contribution in [-0.4, -0.2) is 109 Å². The quantitative estimate of drug-likeness (QED) is 0.275. The van der Waals surface area contributed by atoms with Gasteiger partial charge in [0, 0.05) is 39.3 Å². The van der Waals surface area contributed by atoms with Crippen LogP contribution in [0.15, 0.2) is 0 Å². The molecule has 0 aromatic carbocycles. The minimum Gasteiger partial charge on any atom is -0.375 e. The van der Waals surface area contributed by atoms with Gasteiger partial charge in [-0.1, -0.05) is 41.5 Å². The van der Waals surface area contributed by atoms with E-state index in [1.165, 1.54) is 11.3 Å². The minimum atomic E-state index is -0.0684. The lowest BCUT2D eigenvalue weighted by atomic mass is 10.2. The van der Waals surface area contributed by atoms with E-state index in [1.54, 1.807) is 0 Å². The number of rotatable bonds is 18. The van der Waals surface area contributed by atoms with E-state index in [1.807, 2.05) is 6.92 Å². The molecule has 0 saturated heterocycles. The molecule has 0 saturated carbocycles. The Morgan fingerprint density at radius 2 is 1.25 bits per heavy atom. The number of carbonyl (C=O) groups is 1. The molecule has 0 aliphatic heterocycles. The summed E-state index contributed by atoms with van der Waals surface area (Å²) in [5.74, 6) is 1.40. The number of nitrogens with zero attached hydrogens (tertiary/aromatic N) is 5. The average Bonchev–Trinajstić information content (AvgIpc) is 3.25. The SMILES string of the molecule is CCN(CC)CCNC(=O)c1sc(NCCN(CC)CC)c2c(NCCN(CC)CC)nc(C)nc12. The van der Waals surface area contributed by atoms with Gasteiger partial charge < -0.3 is 30.7 Å². The highest BCUT2D eigenvalue weighted by Gasteiger charge is 2.22. The van der Waals surface area contributed by atoms with Gasteiger partial charge in [0.05, 0.1) is 5.39 Å². The van der Waals surface area contributed by atoms with Crippen LogP contribution in [-0.2, 0) is 0 Å². The van der Waals surface area contributed by atoms with E-state index in [2.05, 4.69) is 72.2 Å². The Labute approximate surface area is 222 Å². The van der Waals surface area contributed by atoms with E-state index in [4.69, 9.17) is 9.97 Å². The summed E-state index contributed by atoms with van der Waals surface area (Å²) < 4.78 is 0. The first-order valence-electron chi connectivity index (χ1n) is 13.7. The zero-order chi connectivity index (χ0) is 26.5. The molecule has 3 N–H and O–H groups in total. The standard InChI is InChI=1S/C26H48N8OS/c1-8-32(9-2)17-14-27-24-21-22(30-20(7)31-24)23(25(35)28-15-18-33(10-3)11-4)36-26(21)29-16-19-34(12-5)13-6/h29H,8-19H2,1-7H3,(H,28,35)(H,27,30,31). The fourth-order valence-electron chi connectivity index (χ4n) is 4.25. The van der Waals surface area contributed by atoms with Gasteiger partial charge in [-0.25, -0.2) is 9.97 Å². The smallest absolute Gasteiger partial charge is 0.263 e. The molecule has 2 heterocycles. The Morgan fingerprint density at radius 3 is 1.78 bits per heavy atom. The molecule has 0 aliphatic rings. The molecule has 0 spiro atoms. The molecule has 0 fully saturated rings. The molecular formula is C26H48N8OS. The Balaban J connectivity index is 2.32. The van der Waals surface area contributed by atoms with Gasteiger partial charge >= 0.3 is 0 Å². The number of amides is 1. The summed E-state index contributed by atoms with van der Waals surface area (Å²) in [5, 5.41) is 12.1. The van der Waals surface area contributed by atoms with E-state index in [0.29, 0.717) is 17.2 Å². The molecular weight excluding hydrogens is 472 g/mol. The van der Waals surface area contributed by atoms with Crippen LogP contribution < -0.4 is 16.0 Å². The second-order valence-electron chi connectivity index (χ2n) is 8.79. The monoisotopic (exact) mass is 520 g/mol. The lowest BCUT2D eigenvalue weighted by molar-refractivity contribution is 0.0954. The molecule has 0 aliphatic carbocycles. The summed E-state index contributed by atoms with van der Waals surface area (Å²) in [6.45, 7) is 25.8. The molecule has 10 heteroatoms. The van der Waals surface area contributed by atoms with Crippen molar-refractivity contribution < 1.29 is 4.79 Å². The summed E-state index contributed by atoms with van der Waals surface area (Å²) in [6, 6.07) is 0. The molecule has 0 atom stereocenters. The first kappa shape index (κ1) is 30.2. The zero-order valence-corrected chi connectivity index (χ0v) is 24.4. The Morgan fingerprint density at radius 1 is 0.750 bits per heavy atom. The van der Waals surface area contributed by atoms with E-state index in [0.717, 1.165) is 93.7 Å². The van der Waals surface area contributed by atoms with Gasteiger partial charge in [-0.2, -0.15) is 0 Å². The van der Waals surface area contributed by atoms with Crippen molar-refractivity contribution in [2.24, 2.45) is 0 Å². The number of anilines is 2. The van der Waals surface area contributed by atoms with Gasteiger partial charge in [-0.3, -0.25) is 4.79 Å². The molecule has 0 unspecified atom stereocenters. The highest BCUT2D eigenvalue weighted by molar-refractivity contribution is 7.20. The first-order valence-corrected chi connectivity index (χ1v) is 14.5. The third kappa shape index (κ3) is 8.54. The van der Waals surface area contributed by atoms with Crippen molar-refractivity contribution in [1.82, 2.24) is 30.0 Å². The lowest BCUT2D eigenvalue weighted by Crippen LogP contribution is -2.34. The number of likely N-dealkylation sites (N-methyl/N-ethyl adjacent to an activating group) is 3. The van der Waals surface area contributed by atoms with Crippen molar-refractivity contribution in [3.8, 4) is 0 Å². The third-order valence-corrected chi connectivity index (χ3v) is 7.84. The van der Waals surface area contributed by atoms with Crippen LogP contribution in [0.4, 0.5) is 10.8 Å². The van der Waals surface area contributed by atoms with Gasteiger partial charge in [0.1, 0.15) is 27.0 Å². The summed E-state index contributed by atoms with van der Waals surface area (Å²) in [5.41, 5.74) is 0.725. The third-order valence-electron chi connectivity index (χ3n) is 6.70. The van der Waals surface area contributed by atoms with Crippen LogP contribution in [0.5, 0.6) is 0 Å². The average molecular weight is 521 g/mol. The highest BCUT2D eigenvalue weighted by atomic mass is 32.1. The Kier molecular flexibility index (Phi) is 13.4. The van der Waals surface area contributed by atoms with Crippen molar-refractivity contribution in [2.45, 2.75) is 48.5 Å². The predicted octanol–water partition coefficient (Wildman–Crippen LogP) is 3.58. The van der Waals surface area contributed by atoms with E-state index in [9.17, 15) is 4.79 Å². The molecule has 2 rings (SSSR count). The maximum absolute atomic E-state index is 13.3. The molecule has 204 valence electrons. The van der Waals surface area contributed by atoms with Crippen LogP contribution in [0.2, 0.25) is 0 Å². The Bertz CT molecular complexity index is 922. The molecule has 0 bridgehead atoms. The zero-order valence-electron chi connectivity index (χ0n) is 23.5. The molecule has 1 amide bonds. The summed E-state index contributed by atoms with van der Waals surface area (Å²) in [6.07, 6.45) is 0. The van der Waals surface area contributed by atoms with Crippen molar-refractivity contribution in [3.63, 3.8) is 0 Å². The first-order chi connectivity index (χ1) is 17.4. The molecule has 36 heavy (non-hydrogen) atoms. The second kappa shape index (κ2) is 16.0. The maximum atomic E-state index is 13.3. The van der Waals surface area contributed by atoms with Gasteiger partial charge in [-0.15, -0.1) is 11.3 Å². The number of aromatic nitrogens is 2. The normalized spacial score (nSPS) is 11.7. The number of hydrogen-bond acceptors (Lipinski definition) is 9. The fraction of sp³-hybridized carbons (Fsp3) is 0.731. The van der Waals surface area contributed by atoms with Crippen LogP contribution in [0.25, 0.3) is 10.9 Å². The van der Waals surface area contributed by atoms with Crippen LogP contribution in [0.1, 0.15) is 57.0 Å². The summed E-state index contributed by atoms with van der Waals surface area (Å²) in [7, 11) is 0. The number of aryl methyl sites for hydroxylation is 1. The number of nitrogens with one attached hydrogen (secondary N) is 3. The van der Waals surface area contributed by atoms with Crippen molar-refractivity contribution in [3.05, 3.63) is 10.7 Å². The van der Waals surface area contributed by atoms with Crippen LogP contribution in [0.3, 0.4) is 0 Å². The summed E-state index contributed by atoms with van der Waals surface area (Å²) in [4.78, 5) is 30.5. The van der Waals surface area contributed by atoms with Crippen LogP contribution >= 0.6 is 11.3 Å². The largest absolute Gasteiger partial charge is 0.375 e. The molecule has 9 nitrogen and oxygen atoms in total. The molecule has 2 aromatic rings. The predicted molar refractivity (Wildman–Crippen MR) is 155 cm³/mol.